The zero-order valence-electron chi connectivity index (χ0n) is 20.6. The van der Waals surface area contributed by atoms with Crippen LogP contribution in [0.25, 0.3) is 11.3 Å². The van der Waals surface area contributed by atoms with Crippen LogP contribution in [-0.4, -0.2) is 45.5 Å². The van der Waals surface area contributed by atoms with Gasteiger partial charge in [0.25, 0.3) is 15.9 Å². The van der Waals surface area contributed by atoms with Crippen molar-refractivity contribution in [3.8, 4) is 17.0 Å². The number of nitrogens with one attached hydrogen (secondary N) is 1. The van der Waals surface area contributed by atoms with Gasteiger partial charge in [-0.05, 0) is 60.5 Å². The average Bonchev–Trinajstić information content (AvgIpc) is 3.59. The molecule has 0 fully saturated rings. The van der Waals surface area contributed by atoms with E-state index in [1.807, 2.05) is 36.4 Å². The number of hydrogen-bond acceptors (Lipinski definition) is 8. The van der Waals surface area contributed by atoms with Gasteiger partial charge in [-0.15, -0.1) is 11.3 Å². The fourth-order valence-electron chi connectivity index (χ4n) is 4.10. The summed E-state index contributed by atoms with van der Waals surface area (Å²) in [6, 6.07) is 18.4. The van der Waals surface area contributed by atoms with Crippen LogP contribution in [0.4, 0.5) is 10.8 Å². The minimum Gasteiger partial charge on any atom is -0.497 e. The second kappa shape index (κ2) is 11.0. The van der Waals surface area contributed by atoms with E-state index in [1.54, 1.807) is 24.6 Å². The first kappa shape index (κ1) is 26.7. The predicted octanol–water partition coefficient (Wildman–Crippen LogP) is 5.02. The summed E-state index contributed by atoms with van der Waals surface area (Å²) in [5.41, 5.74) is 2.97. The van der Waals surface area contributed by atoms with Gasteiger partial charge in [-0.3, -0.25) is 14.4 Å². The fourth-order valence-corrected chi connectivity index (χ4v) is 6.84. The van der Waals surface area contributed by atoms with Crippen LogP contribution >= 0.6 is 22.9 Å². The van der Waals surface area contributed by atoms with Gasteiger partial charge in [-0.2, -0.15) is 0 Å². The number of nitrogens with zero attached hydrogens (tertiary/aromatic N) is 2. The zero-order valence-corrected chi connectivity index (χ0v) is 23.0. The van der Waals surface area contributed by atoms with Gasteiger partial charge in [0.15, 0.2) is 11.7 Å². The molecule has 200 valence electrons. The van der Waals surface area contributed by atoms with Gasteiger partial charge in [0.1, 0.15) is 10.6 Å². The Kier molecular flexibility index (Phi) is 7.56. The standard InChI is InChI=1S/C27H22ClN3O6S2/c1-36-20-9-6-17(7-10-20)22-16-38-27(29-22)30-25(32)15-37-26(33)19-8-11-21(28)24(14-19)39(34,35)31-13-12-18-4-2-3-5-23(18)31/h2-11,14,16H,12-13,15H2,1H3,(H,29,30,32). The Labute approximate surface area is 234 Å². The molecule has 0 saturated heterocycles. The van der Waals surface area contributed by atoms with Gasteiger partial charge in [-0.1, -0.05) is 29.8 Å². The van der Waals surface area contributed by atoms with E-state index in [-0.39, 0.29) is 22.0 Å². The minimum absolute atomic E-state index is 0.0230. The van der Waals surface area contributed by atoms with Crippen molar-refractivity contribution in [2.24, 2.45) is 0 Å². The highest BCUT2D eigenvalue weighted by atomic mass is 35.5. The van der Waals surface area contributed by atoms with Gasteiger partial charge < -0.3 is 9.47 Å². The number of para-hydroxylation sites is 1. The first-order valence-corrected chi connectivity index (χ1v) is 14.4. The van der Waals surface area contributed by atoms with Crippen molar-refractivity contribution in [1.29, 1.82) is 0 Å². The monoisotopic (exact) mass is 583 g/mol. The molecule has 9 nitrogen and oxygen atoms in total. The molecular weight excluding hydrogens is 562 g/mol. The summed E-state index contributed by atoms with van der Waals surface area (Å²) in [6.45, 7) is -0.315. The number of sulfonamides is 1. The number of ether oxygens (including phenoxy) is 2. The fraction of sp³-hybridized carbons (Fsp3) is 0.148. The third kappa shape index (κ3) is 5.60. The largest absolute Gasteiger partial charge is 0.497 e. The molecule has 0 atom stereocenters. The smallest absolute Gasteiger partial charge is 0.338 e. The molecule has 1 aromatic heterocycles. The van der Waals surface area contributed by atoms with Gasteiger partial charge in [0, 0.05) is 17.5 Å². The highest BCUT2D eigenvalue weighted by molar-refractivity contribution is 7.93. The second-order valence-electron chi connectivity index (χ2n) is 8.49. The first-order valence-electron chi connectivity index (χ1n) is 11.7. The molecule has 12 heteroatoms. The number of thiazole rings is 1. The Balaban J connectivity index is 1.23. The lowest BCUT2D eigenvalue weighted by atomic mass is 10.2. The molecule has 5 rings (SSSR count). The number of aromatic nitrogens is 1. The molecule has 2 heterocycles. The lowest BCUT2D eigenvalue weighted by molar-refractivity contribution is -0.119. The van der Waals surface area contributed by atoms with Gasteiger partial charge >= 0.3 is 5.97 Å². The van der Waals surface area contributed by atoms with Crippen LogP contribution in [0.2, 0.25) is 5.02 Å². The Morgan fingerprint density at radius 3 is 2.64 bits per heavy atom. The van der Waals surface area contributed by atoms with Crippen LogP contribution in [0, 0.1) is 0 Å². The summed E-state index contributed by atoms with van der Waals surface area (Å²) in [5.74, 6) is -0.733. The molecule has 0 bridgehead atoms. The average molecular weight is 584 g/mol. The molecule has 0 spiro atoms. The van der Waals surface area contributed by atoms with Gasteiger partial charge in [-0.25, -0.2) is 18.2 Å². The van der Waals surface area contributed by atoms with Crippen LogP contribution in [0.3, 0.4) is 0 Å². The number of benzene rings is 3. The van der Waals surface area contributed by atoms with Gasteiger partial charge in [0.2, 0.25) is 0 Å². The van der Waals surface area contributed by atoms with Crippen LogP contribution in [-0.2, 0) is 26.0 Å². The van der Waals surface area contributed by atoms with Crippen LogP contribution in [0.5, 0.6) is 5.75 Å². The maximum absolute atomic E-state index is 13.4. The molecule has 3 aromatic carbocycles. The van der Waals surface area contributed by atoms with E-state index in [1.165, 1.54) is 33.8 Å². The summed E-state index contributed by atoms with van der Waals surface area (Å²) < 4.78 is 38.4. The van der Waals surface area contributed by atoms with E-state index < -0.39 is 28.5 Å². The van der Waals surface area contributed by atoms with E-state index in [0.29, 0.717) is 22.9 Å². The van der Waals surface area contributed by atoms with Crippen molar-refractivity contribution in [1.82, 2.24) is 4.98 Å². The molecule has 0 radical (unpaired) electrons. The molecule has 39 heavy (non-hydrogen) atoms. The number of anilines is 2. The number of carbonyl (C=O) groups is 2. The number of halogens is 1. The van der Waals surface area contributed by atoms with Crippen molar-refractivity contribution < 1.29 is 27.5 Å². The Bertz CT molecular complexity index is 1650. The van der Waals surface area contributed by atoms with E-state index in [2.05, 4.69) is 10.3 Å². The summed E-state index contributed by atoms with van der Waals surface area (Å²) in [5, 5.41) is 4.70. The SMILES string of the molecule is COc1ccc(-c2csc(NC(=O)COC(=O)c3ccc(Cl)c(S(=O)(=O)N4CCc5ccccc54)c3)n2)cc1. The number of methoxy groups -OCH3 is 1. The number of carbonyl (C=O) groups excluding carboxylic acids is 2. The Hall–Kier alpha value is -3.93. The maximum Gasteiger partial charge on any atom is 0.338 e. The predicted molar refractivity (Wildman–Crippen MR) is 149 cm³/mol. The summed E-state index contributed by atoms with van der Waals surface area (Å²) >= 11 is 7.46. The van der Waals surface area contributed by atoms with E-state index in [0.717, 1.165) is 16.9 Å². The van der Waals surface area contributed by atoms with Crippen LogP contribution < -0.4 is 14.4 Å². The molecule has 1 aliphatic heterocycles. The highest BCUT2D eigenvalue weighted by Crippen LogP contribution is 2.35. The van der Waals surface area contributed by atoms with Crippen molar-refractivity contribution >= 4 is 55.7 Å². The number of fused-ring (bicyclic) bond motifs is 1. The molecule has 0 aliphatic carbocycles. The Morgan fingerprint density at radius 2 is 1.87 bits per heavy atom. The van der Waals surface area contributed by atoms with Crippen molar-refractivity contribution in [3.63, 3.8) is 0 Å². The zero-order chi connectivity index (χ0) is 27.6. The minimum atomic E-state index is -4.03. The number of hydrogen-bond donors (Lipinski definition) is 1. The lowest BCUT2D eigenvalue weighted by Gasteiger charge is -2.20. The van der Waals surface area contributed by atoms with E-state index in [4.69, 9.17) is 21.1 Å². The molecule has 0 unspecified atom stereocenters. The molecular formula is C27H22ClN3O6S2. The normalized spacial score (nSPS) is 12.6. The topological polar surface area (TPSA) is 115 Å². The first-order chi connectivity index (χ1) is 18.8. The van der Waals surface area contributed by atoms with E-state index >= 15 is 0 Å². The lowest BCUT2D eigenvalue weighted by Crippen LogP contribution is -2.29. The van der Waals surface area contributed by atoms with Crippen LogP contribution in [0.15, 0.2) is 77.0 Å². The third-order valence-electron chi connectivity index (χ3n) is 6.05. The third-order valence-corrected chi connectivity index (χ3v) is 9.10. The van der Waals surface area contributed by atoms with Crippen molar-refractivity contribution in [3.05, 3.63) is 88.3 Å². The highest BCUT2D eigenvalue weighted by Gasteiger charge is 2.32. The maximum atomic E-state index is 13.4. The quantitative estimate of drug-likeness (QED) is 0.290. The van der Waals surface area contributed by atoms with Gasteiger partial charge in [0.05, 0.1) is 29.1 Å². The molecule has 1 aliphatic rings. The number of amides is 1. The summed E-state index contributed by atoms with van der Waals surface area (Å²) in [7, 11) is -2.45. The molecule has 1 N–H and O–H groups in total. The van der Waals surface area contributed by atoms with E-state index in [9.17, 15) is 18.0 Å². The number of rotatable bonds is 8. The van der Waals surface area contributed by atoms with Crippen LogP contribution in [0.1, 0.15) is 15.9 Å². The van der Waals surface area contributed by atoms with Crippen molar-refractivity contribution in [2.45, 2.75) is 11.3 Å². The Morgan fingerprint density at radius 1 is 1.10 bits per heavy atom. The second-order valence-corrected chi connectivity index (χ2v) is 11.6. The van der Waals surface area contributed by atoms with Crippen molar-refractivity contribution in [2.75, 3.05) is 29.9 Å². The summed E-state index contributed by atoms with van der Waals surface area (Å²) in [6.07, 6.45) is 0.574. The molecule has 1 amide bonds. The molecule has 4 aromatic rings. The summed E-state index contributed by atoms with van der Waals surface area (Å²) in [4.78, 5) is 29.2. The number of esters is 1. The molecule has 0 saturated carbocycles.